The van der Waals surface area contributed by atoms with E-state index in [0.29, 0.717) is 29.6 Å². The zero-order chi connectivity index (χ0) is 18.1. The van der Waals surface area contributed by atoms with Gasteiger partial charge in [-0.15, -0.1) is 0 Å². The number of hydrogen-bond donors (Lipinski definition) is 5. The molecular formula is C16H18ClFN6O. The maximum atomic E-state index is 13.2. The van der Waals surface area contributed by atoms with Gasteiger partial charge in [-0.1, -0.05) is 23.7 Å². The fourth-order valence-electron chi connectivity index (χ4n) is 1.87. The lowest BCUT2D eigenvalue weighted by atomic mass is 10.2. The minimum Gasteiger partial charge on any atom is -0.395 e. The second-order valence-corrected chi connectivity index (χ2v) is 5.33. The number of allylic oxidation sites excluding steroid dienone is 1. The van der Waals surface area contributed by atoms with Crippen LogP contribution in [0.4, 0.5) is 16.2 Å². The van der Waals surface area contributed by atoms with Crippen LogP contribution < -0.4 is 16.0 Å². The minimum atomic E-state index is -0.313. The van der Waals surface area contributed by atoms with Crippen LogP contribution in [-0.4, -0.2) is 34.4 Å². The number of halogens is 2. The van der Waals surface area contributed by atoms with Gasteiger partial charge < -0.3 is 26.5 Å². The van der Waals surface area contributed by atoms with Crippen LogP contribution in [0.15, 0.2) is 42.4 Å². The van der Waals surface area contributed by atoms with Crippen LogP contribution in [0.25, 0.3) is 0 Å². The molecule has 0 unspecified atom stereocenters. The number of anilines is 2. The molecule has 25 heavy (non-hydrogen) atoms. The lowest BCUT2D eigenvalue weighted by molar-refractivity contribution is 0.298. The van der Waals surface area contributed by atoms with Gasteiger partial charge in [-0.3, -0.25) is 0 Å². The van der Waals surface area contributed by atoms with Gasteiger partial charge in [0.2, 0.25) is 5.95 Å². The summed E-state index contributed by atoms with van der Waals surface area (Å²) < 4.78 is 13.2. The van der Waals surface area contributed by atoms with Crippen LogP contribution in [-0.2, 0) is 6.54 Å². The first kappa shape index (κ1) is 18.6. The minimum absolute atomic E-state index is 0.0205. The first-order chi connectivity index (χ1) is 12.1. The number of aliphatic hydroxyl groups is 1. The maximum Gasteiger partial charge on any atom is 0.229 e. The van der Waals surface area contributed by atoms with E-state index in [0.717, 1.165) is 11.8 Å². The van der Waals surface area contributed by atoms with Gasteiger partial charge in [-0.05, 0) is 17.7 Å². The highest BCUT2D eigenvalue weighted by atomic mass is 35.5. The monoisotopic (exact) mass is 364 g/mol. The quantitative estimate of drug-likeness (QED) is 0.345. The number of hydrogen-bond acceptors (Lipinski definition) is 7. The van der Waals surface area contributed by atoms with Gasteiger partial charge in [0.1, 0.15) is 10.8 Å². The van der Waals surface area contributed by atoms with Gasteiger partial charge in [-0.25, -0.2) is 9.37 Å². The van der Waals surface area contributed by atoms with Crippen molar-refractivity contribution in [2.75, 3.05) is 23.8 Å². The van der Waals surface area contributed by atoms with E-state index in [1.54, 1.807) is 12.1 Å². The van der Waals surface area contributed by atoms with Crippen molar-refractivity contribution in [3.05, 3.63) is 58.8 Å². The van der Waals surface area contributed by atoms with Crippen LogP contribution in [0.3, 0.4) is 0 Å². The van der Waals surface area contributed by atoms with E-state index in [1.165, 1.54) is 24.5 Å². The summed E-state index contributed by atoms with van der Waals surface area (Å²) in [6.07, 6.45) is 4.04. The molecule has 0 radical (unpaired) electrons. The summed E-state index contributed by atoms with van der Waals surface area (Å²) in [5.74, 6) is 0.314. The standard InChI is InChI=1S/C16H18ClFN6O/c17-14-10-22-16(23-13(7-19)9-20-4-5-25)24-15(14)21-8-11-2-1-3-12(18)6-11/h1-3,6-7,9-10,19-20,25H,4-5,8H2,(H2,21,22,23,24)/b13-9+,19-7?. The Morgan fingerprint density at radius 3 is 2.96 bits per heavy atom. The van der Waals surface area contributed by atoms with Crippen molar-refractivity contribution >= 4 is 29.6 Å². The normalized spacial score (nSPS) is 11.1. The average molecular weight is 365 g/mol. The summed E-state index contributed by atoms with van der Waals surface area (Å²) >= 11 is 6.08. The molecule has 7 nitrogen and oxygen atoms in total. The summed E-state index contributed by atoms with van der Waals surface area (Å²) in [5, 5.41) is 25.1. The predicted molar refractivity (Wildman–Crippen MR) is 96.3 cm³/mol. The number of benzene rings is 1. The fraction of sp³-hybridized carbons (Fsp3) is 0.188. The highest BCUT2D eigenvalue weighted by molar-refractivity contribution is 6.32. The number of nitrogens with zero attached hydrogens (tertiary/aromatic N) is 2. The molecule has 5 N–H and O–H groups in total. The lowest BCUT2D eigenvalue weighted by Crippen LogP contribution is -2.15. The Morgan fingerprint density at radius 2 is 2.24 bits per heavy atom. The number of aliphatic hydroxyl groups excluding tert-OH is 1. The lowest BCUT2D eigenvalue weighted by Gasteiger charge is -2.10. The molecule has 9 heteroatoms. The molecule has 0 aliphatic heterocycles. The van der Waals surface area contributed by atoms with Crippen molar-refractivity contribution in [2.24, 2.45) is 0 Å². The molecule has 0 amide bonds. The molecule has 1 aromatic heterocycles. The SMILES string of the molecule is N=C/C(=C\NCCO)Nc1ncc(Cl)c(NCc2cccc(F)c2)n1. The molecule has 0 saturated heterocycles. The largest absolute Gasteiger partial charge is 0.395 e. The van der Waals surface area contributed by atoms with Gasteiger partial charge in [-0.2, -0.15) is 4.98 Å². The van der Waals surface area contributed by atoms with E-state index >= 15 is 0 Å². The van der Waals surface area contributed by atoms with Crippen molar-refractivity contribution in [3.8, 4) is 0 Å². The van der Waals surface area contributed by atoms with Gasteiger partial charge in [0.15, 0.2) is 5.82 Å². The third-order valence-corrected chi connectivity index (χ3v) is 3.30. The topological polar surface area (TPSA) is 106 Å². The molecule has 0 aliphatic rings. The molecule has 2 rings (SSSR count). The van der Waals surface area contributed by atoms with Crippen molar-refractivity contribution in [3.63, 3.8) is 0 Å². The van der Waals surface area contributed by atoms with E-state index in [1.807, 2.05) is 0 Å². The van der Waals surface area contributed by atoms with E-state index < -0.39 is 0 Å². The zero-order valence-electron chi connectivity index (χ0n) is 13.3. The Balaban J connectivity index is 2.06. The third-order valence-electron chi connectivity index (χ3n) is 3.02. The Hall–Kier alpha value is -2.71. The van der Waals surface area contributed by atoms with Gasteiger partial charge in [0, 0.05) is 25.5 Å². The highest BCUT2D eigenvalue weighted by Gasteiger charge is 2.06. The molecule has 2 aromatic rings. The zero-order valence-corrected chi connectivity index (χ0v) is 14.0. The average Bonchev–Trinajstić information content (AvgIpc) is 2.61. The van der Waals surface area contributed by atoms with Crippen LogP contribution in [0.1, 0.15) is 5.56 Å². The number of rotatable bonds is 9. The molecule has 0 atom stereocenters. The molecule has 0 saturated carbocycles. The second-order valence-electron chi connectivity index (χ2n) is 4.92. The Labute approximate surface area is 149 Å². The van der Waals surface area contributed by atoms with Gasteiger partial charge in [0.25, 0.3) is 0 Å². The Bertz CT molecular complexity index is 755. The summed E-state index contributed by atoms with van der Waals surface area (Å²) in [4.78, 5) is 8.29. The molecule has 0 aliphatic carbocycles. The molecule has 0 bridgehead atoms. The van der Waals surface area contributed by atoms with E-state index in [2.05, 4.69) is 25.9 Å². The molecule has 0 spiro atoms. The van der Waals surface area contributed by atoms with E-state index in [9.17, 15) is 4.39 Å². The summed E-state index contributed by atoms with van der Waals surface area (Å²) in [6, 6.07) is 6.21. The predicted octanol–water partition coefficient (Wildman–Crippen LogP) is 2.37. The van der Waals surface area contributed by atoms with Crippen LogP contribution in [0.2, 0.25) is 5.02 Å². The number of aromatic nitrogens is 2. The van der Waals surface area contributed by atoms with E-state index in [4.69, 9.17) is 22.1 Å². The van der Waals surface area contributed by atoms with Crippen molar-refractivity contribution in [1.29, 1.82) is 5.41 Å². The number of nitrogens with one attached hydrogen (secondary N) is 4. The summed E-state index contributed by atoms with van der Waals surface area (Å²) in [7, 11) is 0. The van der Waals surface area contributed by atoms with Crippen LogP contribution in [0, 0.1) is 11.2 Å². The Morgan fingerprint density at radius 1 is 1.40 bits per heavy atom. The first-order valence-corrected chi connectivity index (χ1v) is 7.83. The molecule has 0 fully saturated rings. The maximum absolute atomic E-state index is 13.2. The highest BCUT2D eigenvalue weighted by Crippen LogP contribution is 2.20. The first-order valence-electron chi connectivity index (χ1n) is 7.45. The van der Waals surface area contributed by atoms with Gasteiger partial charge >= 0.3 is 0 Å². The van der Waals surface area contributed by atoms with Gasteiger partial charge in [0.05, 0.1) is 18.5 Å². The van der Waals surface area contributed by atoms with Crippen molar-refractivity contribution in [2.45, 2.75) is 6.54 Å². The molecular weight excluding hydrogens is 347 g/mol. The smallest absolute Gasteiger partial charge is 0.229 e. The Kier molecular flexibility index (Phi) is 7.12. The van der Waals surface area contributed by atoms with Crippen molar-refractivity contribution < 1.29 is 9.50 Å². The van der Waals surface area contributed by atoms with E-state index in [-0.39, 0.29) is 18.4 Å². The summed E-state index contributed by atoms with van der Waals surface area (Å²) in [6.45, 7) is 0.688. The second kappa shape index (κ2) is 9.55. The van der Waals surface area contributed by atoms with Crippen molar-refractivity contribution in [1.82, 2.24) is 15.3 Å². The summed E-state index contributed by atoms with van der Waals surface area (Å²) in [5.41, 5.74) is 1.16. The fourth-order valence-corrected chi connectivity index (χ4v) is 2.03. The molecule has 132 valence electrons. The van der Waals surface area contributed by atoms with Crippen LogP contribution in [0.5, 0.6) is 0 Å². The third kappa shape index (κ3) is 6.02. The molecule has 1 heterocycles. The molecule has 1 aromatic carbocycles. The van der Waals surface area contributed by atoms with Crippen LogP contribution >= 0.6 is 11.6 Å².